The van der Waals surface area contributed by atoms with Crippen molar-refractivity contribution in [1.29, 1.82) is 0 Å². The minimum Gasteiger partial charge on any atom is -0.335 e. The summed E-state index contributed by atoms with van der Waals surface area (Å²) in [6, 6.07) is 0.291. The summed E-state index contributed by atoms with van der Waals surface area (Å²) in [6.45, 7) is 5.60. The van der Waals surface area contributed by atoms with Crippen LogP contribution in [0.4, 0.5) is 0 Å². The Balaban J connectivity index is 2.20. The highest BCUT2D eigenvalue weighted by molar-refractivity contribution is 6.33. The first-order valence-electron chi connectivity index (χ1n) is 6.17. The van der Waals surface area contributed by atoms with Crippen LogP contribution in [0, 0.1) is 0 Å². The lowest BCUT2D eigenvalue weighted by Crippen LogP contribution is -2.42. The van der Waals surface area contributed by atoms with Gasteiger partial charge in [0.2, 0.25) is 0 Å². The standard InChI is InChI=1S/C12H18ClN3O/c1-3-15-8-10(13)11(14-15)12(17)16-7-5-4-6-9(16)2/h8-9H,3-7H2,1-2H3/t9-/m0/s1. The third-order valence-electron chi connectivity index (χ3n) is 3.31. The highest BCUT2D eigenvalue weighted by Gasteiger charge is 2.27. The number of aromatic nitrogens is 2. The van der Waals surface area contributed by atoms with Crippen LogP contribution in [0.5, 0.6) is 0 Å². The molecule has 1 amide bonds. The molecule has 1 aromatic rings. The van der Waals surface area contributed by atoms with Gasteiger partial charge in [0, 0.05) is 25.3 Å². The molecule has 1 atom stereocenters. The Morgan fingerprint density at radius 3 is 2.94 bits per heavy atom. The number of aryl methyl sites for hydroxylation is 1. The first kappa shape index (κ1) is 12.4. The van der Waals surface area contributed by atoms with Crippen LogP contribution in [0.2, 0.25) is 5.02 Å². The Labute approximate surface area is 107 Å². The maximum atomic E-state index is 12.3. The van der Waals surface area contributed by atoms with Gasteiger partial charge in [-0.25, -0.2) is 0 Å². The maximum Gasteiger partial charge on any atom is 0.276 e. The molecule has 2 heterocycles. The molecule has 0 bridgehead atoms. The number of rotatable bonds is 2. The predicted molar refractivity (Wildman–Crippen MR) is 67.3 cm³/mol. The number of amides is 1. The van der Waals surface area contributed by atoms with Crippen LogP contribution in [0.1, 0.15) is 43.6 Å². The van der Waals surface area contributed by atoms with E-state index in [0.717, 1.165) is 25.9 Å². The molecule has 17 heavy (non-hydrogen) atoms. The Hall–Kier alpha value is -1.03. The average Bonchev–Trinajstić information content (AvgIpc) is 2.70. The summed E-state index contributed by atoms with van der Waals surface area (Å²) in [5.41, 5.74) is 0.391. The van der Waals surface area contributed by atoms with E-state index in [0.29, 0.717) is 16.8 Å². The molecular weight excluding hydrogens is 238 g/mol. The second-order valence-electron chi connectivity index (χ2n) is 4.52. The molecule has 0 N–H and O–H groups in total. The van der Waals surface area contributed by atoms with E-state index in [-0.39, 0.29) is 5.91 Å². The molecule has 0 aromatic carbocycles. The van der Waals surface area contributed by atoms with E-state index in [4.69, 9.17) is 11.6 Å². The Bertz CT molecular complexity index is 416. The molecule has 5 heteroatoms. The summed E-state index contributed by atoms with van der Waals surface area (Å²) in [5, 5.41) is 4.68. The van der Waals surface area contributed by atoms with Crippen molar-refractivity contribution in [2.24, 2.45) is 0 Å². The molecule has 1 saturated heterocycles. The predicted octanol–water partition coefficient (Wildman–Crippen LogP) is 2.57. The lowest BCUT2D eigenvalue weighted by atomic mass is 10.0. The van der Waals surface area contributed by atoms with Crippen molar-refractivity contribution in [1.82, 2.24) is 14.7 Å². The van der Waals surface area contributed by atoms with E-state index in [1.807, 2.05) is 11.8 Å². The topological polar surface area (TPSA) is 38.1 Å². The zero-order valence-electron chi connectivity index (χ0n) is 10.3. The quantitative estimate of drug-likeness (QED) is 0.815. The van der Waals surface area contributed by atoms with E-state index in [1.54, 1.807) is 10.9 Å². The van der Waals surface area contributed by atoms with Crippen molar-refractivity contribution in [2.75, 3.05) is 6.54 Å². The van der Waals surface area contributed by atoms with Crippen LogP contribution in [0.15, 0.2) is 6.20 Å². The van der Waals surface area contributed by atoms with Crippen molar-refractivity contribution in [3.63, 3.8) is 0 Å². The lowest BCUT2D eigenvalue weighted by Gasteiger charge is -2.32. The van der Waals surface area contributed by atoms with E-state index >= 15 is 0 Å². The third kappa shape index (κ3) is 2.46. The van der Waals surface area contributed by atoms with E-state index in [9.17, 15) is 4.79 Å². The number of nitrogens with zero attached hydrogens (tertiary/aromatic N) is 3. The van der Waals surface area contributed by atoms with Crippen molar-refractivity contribution >= 4 is 17.5 Å². The maximum absolute atomic E-state index is 12.3. The summed E-state index contributed by atoms with van der Waals surface area (Å²) in [5.74, 6) is -0.0330. The molecule has 0 unspecified atom stereocenters. The van der Waals surface area contributed by atoms with Gasteiger partial charge >= 0.3 is 0 Å². The van der Waals surface area contributed by atoms with Crippen molar-refractivity contribution in [2.45, 2.75) is 45.7 Å². The Morgan fingerprint density at radius 2 is 2.35 bits per heavy atom. The fraction of sp³-hybridized carbons (Fsp3) is 0.667. The third-order valence-corrected chi connectivity index (χ3v) is 3.58. The number of carbonyl (C=O) groups is 1. The van der Waals surface area contributed by atoms with Crippen LogP contribution >= 0.6 is 11.6 Å². The van der Waals surface area contributed by atoms with Crippen LogP contribution < -0.4 is 0 Å². The number of hydrogen-bond acceptors (Lipinski definition) is 2. The van der Waals surface area contributed by atoms with E-state index in [1.165, 1.54) is 6.42 Å². The molecule has 94 valence electrons. The van der Waals surface area contributed by atoms with Gasteiger partial charge in [0.15, 0.2) is 5.69 Å². The molecule has 1 aliphatic rings. The van der Waals surface area contributed by atoms with Gasteiger partial charge in [-0.3, -0.25) is 9.48 Å². The largest absolute Gasteiger partial charge is 0.335 e. The summed E-state index contributed by atoms with van der Waals surface area (Å²) in [4.78, 5) is 14.2. The number of hydrogen-bond donors (Lipinski definition) is 0. The van der Waals surface area contributed by atoms with Crippen LogP contribution in [-0.2, 0) is 6.54 Å². The molecule has 0 radical (unpaired) electrons. The lowest BCUT2D eigenvalue weighted by molar-refractivity contribution is 0.0629. The zero-order chi connectivity index (χ0) is 12.4. The fourth-order valence-corrected chi connectivity index (χ4v) is 2.47. The molecule has 1 aromatic heterocycles. The van der Waals surface area contributed by atoms with Gasteiger partial charge in [0.25, 0.3) is 5.91 Å². The Morgan fingerprint density at radius 1 is 1.59 bits per heavy atom. The molecule has 0 spiro atoms. The van der Waals surface area contributed by atoms with Crippen LogP contribution in [-0.4, -0.2) is 33.2 Å². The normalized spacial score (nSPS) is 20.6. The highest BCUT2D eigenvalue weighted by Crippen LogP contribution is 2.22. The van der Waals surface area contributed by atoms with E-state index in [2.05, 4.69) is 12.0 Å². The molecule has 0 saturated carbocycles. The van der Waals surface area contributed by atoms with Crippen LogP contribution in [0.25, 0.3) is 0 Å². The summed E-state index contributed by atoms with van der Waals surface area (Å²) < 4.78 is 1.70. The first-order valence-corrected chi connectivity index (χ1v) is 6.55. The molecule has 2 rings (SSSR count). The first-order chi connectivity index (χ1) is 8.13. The van der Waals surface area contributed by atoms with Crippen molar-refractivity contribution in [3.8, 4) is 0 Å². The minimum absolute atomic E-state index is 0.0330. The number of piperidine rings is 1. The number of carbonyl (C=O) groups excluding carboxylic acids is 1. The molecule has 4 nitrogen and oxygen atoms in total. The molecular formula is C12H18ClN3O. The Kier molecular flexibility index (Phi) is 3.72. The highest BCUT2D eigenvalue weighted by atomic mass is 35.5. The molecule has 1 aliphatic heterocycles. The van der Waals surface area contributed by atoms with Gasteiger partial charge in [-0.1, -0.05) is 11.6 Å². The van der Waals surface area contributed by atoms with Gasteiger partial charge in [-0.15, -0.1) is 0 Å². The molecule has 0 aliphatic carbocycles. The van der Waals surface area contributed by atoms with E-state index < -0.39 is 0 Å². The second-order valence-corrected chi connectivity index (χ2v) is 4.93. The fourth-order valence-electron chi connectivity index (χ4n) is 2.24. The summed E-state index contributed by atoms with van der Waals surface area (Å²) in [6.07, 6.45) is 5.05. The van der Waals surface area contributed by atoms with Gasteiger partial charge in [-0.2, -0.15) is 5.10 Å². The zero-order valence-corrected chi connectivity index (χ0v) is 11.1. The monoisotopic (exact) mass is 255 g/mol. The van der Waals surface area contributed by atoms with Gasteiger partial charge in [-0.05, 0) is 33.1 Å². The van der Waals surface area contributed by atoms with Crippen LogP contribution in [0.3, 0.4) is 0 Å². The number of halogens is 1. The summed E-state index contributed by atoms with van der Waals surface area (Å²) >= 11 is 6.05. The minimum atomic E-state index is -0.0330. The average molecular weight is 256 g/mol. The number of likely N-dealkylation sites (tertiary alicyclic amines) is 1. The smallest absolute Gasteiger partial charge is 0.276 e. The van der Waals surface area contributed by atoms with Gasteiger partial charge in [0.1, 0.15) is 0 Å². The second kappa shape index (κ2) is 5.08. The van der Waals surface area contributed by atoms with Crippen molar-refractivity contribution < 1.29 is 4.79 Å². The van der Waals surface area contributed by atoms with Gasteiger partial charge < -0.3 is 4.90 Å². The van der Waals surface area contributed by atoms with Crippen molar-refractivity contribution in [3.05, 3.63) is 16.9 Å². The summed E-state index contributed by atoms with van der Waals surface area (Å²) in [7, 11) is 0. The van der Waals surface area contributed by atoms with Gasteiger partial charge in [0.05, 0.1) is 5.02 Å². The molecule has 1 fully saturated rings. The SMILES string of the molecule is CCn1cc(Cl)c(C(=O)N2CCCC[C@@H]2C)n1.